The van der Waals surface area contributed by atoms with E-state index in [9.17, 15) is 0 Å². The molecule has 0 aliphatic rings. The van der Waals surface area contributed by atoms with E-state index in [-0.39, 0.29) is 12.0 Å². The minimum absolute atomic E-state index is 0.0376. The number of para-hydroxylation sites is 1. The average Bonchev–Trinajstić information content (AvgIpc) is 3.03. The van der Waals surface area contributed by atoms with Gasteiger partial charge in [0, 0.05) is 11.4 Å². The summed E-state index contributed by atoms with van der Waals surface area (Å²) in [4.78, 5) is 4.47. The maximum Gasteiger partial charge on any atom is 0.238 e. The van der Waals surface area contributed by atoms with Gasteiger partial charge in [-0.15, -0.1) is 0 Å². The van der Waals surface area contributed by atoms with E-state index in [1.54, 1.807) is 0 Å². The zero-order valence-corrected chi connectivity index (χ0v) is 12.4. The molecule has 110 valence electrons. The summed E-state index contributed by atoms with van der Waals surface area (Å²) in [5.74, 6) is 2.01. The third kappa shape index (κ3) is 2.56. The summed E-state index contributed by atoms with van der Waals surface area (Å²) in [5, 5.41) is 5.05. The summed E-state index contributed by atoms with van der Waals surface area (Å²) in [6.45, 7) is 6.15. The molecule has 0 aliphatic heterocycles. The van der Waals surface area contributed by atoms with Crippen molar-refractivity contribution in [3.8, 4) is 11.6 Å². The van der Waals surface area contributed by atoms with E-state index < -0.39 is 0 Å². The van der Waals surface area contributed by atoms with Crippen LogP contribution >= 0.6 is 0 Å². The van der Waals surface area contributed by atoms with Gasteiger partial charge in [0.15, 0.2) is 5.76 Å². The number of nitrogens with zero attached hydrogens (tertiary/aromatic N) is 2. The van der Waals surface area contributed by atoms with E-state index in [1.807, 2.05) is 37.3 Å². The summed E-state index contributed by atoms with van der Waals surface area (Å²) < 4.78 is 11.2. The Balaban J connectivity index is 1.97. The second kappa shape index (κ2) is 5.33. The molecule has 0 radical (unpaired) electrons. The van der Waals surface area contributed by atoms with Crippen LogP contribution in [0.15, 0.2) is 39.3 Å². The SMILES string of the molecule is CC(C)C(c1nc(-c2cc3ccccc3o2)no1)C(C)N. The fourth-order valence-electron chi connectivity index (χ4n) is 2.68. The zero-order valence-electron chi connectivity index (χ0n) is 12.4. The number of hydrogen-bond donors (Lipinski definition) is 1. The van der Waals surface area contributed by atoms with E-state index >= 15 is 0 Å². The van der Waals surface area contributed by atoms with Gasteiger partial charge in [-0.25, -0.2) is 0 Å². The number of benzene rings is 1. The molecule has 21 heavy (non-hydrogen) atoms. The molecule has 2 N–H and O–H groups in total. The minimum Gasteiger partial charge on any atom is -0.453 e. The number of rotatable bonds is 4. The summed E-state index contributed by atoms with van der Waals surface area (Å²) in [7, 11) is 0. The van der Waals surface area contributed by atoms with Crippen molar-refractivity contribution in [3.05, 3.63) is 36.2 Å². The molecule has 0 amide bonds. The molecule has 0 saturated carbocycles. The third-order valence-corrected chi connectivity index (χ3v) is 3.66. The van der Waals surface area contributed by atoms with E-state index in [2.05, 4.69) is 24.0 Å². The van der Waals surface area contributed by atoms with Crippen LogP contribution in [0.3, 0.4) is 0 Å². The molecule has 2 aromatic heterocycles. The lowest BCUT2D eigenvalue weighted by Crippen LogP contribution is -2.28. The van der Waals surface area contributed by atoms with Crippen molar-refractivity contribution in [3.63, 3.8) is 0 Å². The average molecular weight is 285 g/mol. The molecule has 0 saturated heterocycles. The topological polar surface area (TPSA) is 78.1 Å². The van der Waals surface area contributed by atoms with E-state index in [0.29, 0.717) is 23.4 Å². The molecule has 3 rings (SSSR count). The molecule has 0 spiro atoms. The highest BCUT2D eigenvalue weighted by molar-refractivity contribution is 5.81. The van der Waals surface area contributed by atoms with E-state index in [0.717, 1.165) is 11.0 Å². The second-order valence-electron chi connectivity index (χ2n) is 5.73. The van der Waals surface area contributed by atoms with Crippen LogP contribution in [-0.2, 0) is 0 Å². The van der Waals surface area contributed by atoms with Crippen molar-refractivity contribution < 1.29 is 8.94 Å². The van der Waals surface area contributed by atoms with Gasteiger partial charge in [0.2, 0.25) is 11.7 Å². The predicted octanol–water partition coefficient (Wildman–Crippen LogP) is 3.57. The Labute approximate surface area is 123 Å². The Morgan fingerprint density at radius 2 is 1.90 bits per heavy atom. The van der Waals surface area contributed by atoms with Crippen LogP contribution in [0.1, 0.15) is 32.6 Å². The fraction of sp³-hybridized carbons (Fsp3) is 0.375. The lowest BCUT2D eigenvalue weighted by molar-refractivity contribution is 0.300. The maximum atomic E-state index is 6.03. The monoisotopic (exact) mass is 285 g/mol. The number of aromatic nitrogens is 2. The van der Waals surface area contributed by atoms with Crippen molar-refractivity contribution in [2.24, 2.45) is 11.7 Å². The summed E-state index contributed by atoms with van der Waals surface area (Å²) in [6.07, 6.45) is 0. The number of furan rings is 1. The summed E-state index contributed by atoms with van der Waals surface area (Å²) in [5.41, 5.74) is 6.84. The normalized spacial score (nSPS) is 14.7. The Kier molecular flexibility index (Phi) is 3.51. The Morgan fingerprint density at radius 3 is 2.57 bits per heavy atom. The highest BCUT2D eigenvalue weighted by Crippen LogP contribution is 2.30. The van der Waals surface area contributed by atoms with Crippen LogP contribution in [0.25, 0.3) is 22.6 Å². The largest absolute Gasteiger partial charge is 0.453 e. The molecular weight excluding hydrogens is 266 g/mol. The standard InChI is InChI=1S/C16H19N3O2/c1-9(2)14(10(3)17)16-18-15(19-21-16)13-8-11-6-4-5-7-12(11)20-13/h4-10,14H,17H2,1-3H3. The first-order chi connectivity index (χ1) is 10.1. The summed E-state index contributed by atoms with van der Waals surface area (Å²) >= 11 is 0. The van der Waals surface area contributed by atoms with E-state index in [1.165, 1.54) is 0 Å². The molecule has 2 atom stereocenters. The molecule has 5 nitrogen and oxygen atoms in total. The van der Waals surface area contributed by atoms with Crippen LogP contribution < -0.4 is 5.73 Å². The van der Waals surface area contributed by atoms with Gasteiger partial charge in [0.25, 0.3) is 0 Å². The molecule has 0 bridgehead atoms. The van der Waals surface area contributed by atoms with Gasteiger partial charge in [0.1, 0.15) is 5.58 Å². The highest BCUT2D eigenvalue weighted by Gasteiger charge is 2.27. The van der Waals surface area contributed by atoms with E-state index in [4.69, 9.17) is 14.7 Å². The van der Waals surface area contributed by atoms with Gasteiger partial charge in [-0.1, -0.05) is 37.2 Å². The van der Waals surface area contributed by atoms with Crippen molar-refractivity contribution in [2.45, 2.75) is 32.7 Å². The second-order valence-corrected chi connectivity index (χ2v) is 5.73. The van der Waals surface area contributed by atoms with Gasteiger partial charge in [-0.2, -0.15) is 4.98 Å². The third-order valence-electron chi connectivity index (χ3n) is 3.66. The van der Waals surface area contributed by atoms with Crippen LogP contribution in [0.4, 0.5) is 0 Å². The lowest BCUT2D eigenvalue weighted by Gasteiger charge is -2.20. The Bertz CT molecular complexity index is 702. The minimum atomic E-state index is -0.0472. The lowest BCUT2D eigenvalue weighted by atomic mass is 9.90. The van der Waals surface area contributed by atoms with Gasteiger partial charge in [-0.3, -0.25) is 0 Å². The molecular formula is C16H19N3O2. The highest BCUT2D eigenvalue weighted by atomic mass is 16.5. The van der Waals surface area contributed by atoms with Crippen LogP contribution in [0.2, 0.25) is 0 Å². The van der Waals surface area contributed by atoms with Crippen LogP contribution in [0, 0.1) is 5.92 Å². The smallest absolute Gasteiger partial charge is 0.238 e. The number of fused-ring (bicyclic) bond motifs is 1. The van der Waals surface area contributed by atoms with Crippen molar-refractivity contribution in [1.29, 1.82) is 0 Å². The number of hydrogen-bond acceptors (Lipinski definition) is 5. The van der Waals surface area contributed by atoms with Crippen LogP contribution in [0.5, 0.6) is 0 Å². The fourth-order valence-corrected chi connectivity index (χ4v) is 2.68. The zero-order chi connectivity index (χ0) is 15.0. The predicted molar refractivity (Wildman–Crippen MR) is 80.7 cm³/mol. The van der Waals surface area contributed by atoms with Gasteiger partial charge in [0.05, 0.1) is 5.92 Å². The number of nitrogens with two attached hydrogens (primary N) is 1. The van der Waals surface area contributed by atoms with Gasteiger partial charge >= 0.3 is 0 Å². The van der Waals surface area contributed by atoms with Gasteiger partial charge in [-0.05, 0) is 25.0 Å². The first-order valence-electron chi connectivity index (χ1n) is 7.14. The quantitative estimate of drug-likeness (QED) is 0.792. The molecule has 3 aromatic rings. The van der Waals surface area contributed by atoms with Crippen molar-refractivity contribution in [2.75, 3.05) is 0 Å². The molecule has 0 fully saturated rings. The molecule has 2 heterocycles. The summed E-state index contributed by atoms with van der Waals surface area (Å²) in [6, 6.07) is 9.67. The molecule has 5 heteroatoms. The van der Waals surface area contributed by atoms with Crippen LogP contribution in [-0.4, -0.2) is 16.2 Å². The first kappa shape index (κ1) is 13.8. The first-order valence-corrected chi connectivity index (χ1v) is 7.14. The molecule has 2 unspecified atom stereocenters. The Hall–Kier alpha value is -2.14. The van der Waals surface area contributed by atoms with Crippen molar-refractivity contribution >= 4 is 11.0 Å². The maximum absolute atomic E-state index is 6.03. The van der Waals surface area contributed by atoms with Crippen molar-refractivity contribution in [1.82, 2.24) is 10.1 Å². The molecule has 1 aromatic carbocycles. The molecule has 0 aliphatic carbocycles. The van der Waals surface area contributed by atoms with Gasteiger partial charge < -0.3 is 14.7 Å². The Morgan fingerprint density at radius 1 is 1.14 bits per heavy atom.